The number of amides is 1. The third kappa shape index (κ3) is 8.19. The lowest BCUT2D eigenvalue weighted by Gasteiger charge is -2.29. The van der Waals surface area contributed by atoms with Gasteiger partial charge >= 0.3 is 0 Å². The zero-order valence-electron chi connectivity index (χ0n) is 16.6. The number of para-hydroxylation sites is 2. The number of rotatable bonds is 11. The monoisotopic (exact) mass is 506 g/mol. The van der Waals surface area contributed by atoms with Crippen molar-refractivity contribution in [3.05, 3.63) is 24.3 Å². The number of nitrogens with zero attached hydrogens (tertiary/aromatic N) is 2. The predicted molar refractivity (Wildman–Crippen MR) is 121 cm³/mol. The van der Waals surface area contributed by atoms with E-state index in [1.807, 2.05) is 24.3 Å². The van der Waals surface area contributed by atoms with Crippen LogP contribution in [0.5, 0.6) is 5.75 Å². The van der Waals surface area contributed by atoms with E-state index in [1.165, 1.54) is 0 Å². The number of methoxy groups -OCH3 is 1. The molecule has 1 aromatic rings. The van der Waals surface area contributed by atoms with Crippen LogP contribution in [0.4, 0.5) is 5.69 Å². The number of hydrogen-bond acceptors (Lipinski definition) is 5. The van der Waals surface area contributed by atoms with Gasteiger partial charge in [0.2, 0.25) is 0 Å². The molecule has 0 atom stereocenters. The van der Waals surface area contributed by atoms with Gasteiger partial charge in [0.15, 0.2) is 12.6 Å². The van der Waals surface area contributed by atoms with Crippen LogP contribution in [0.2, 0.25) is 0 Å². The highest BCUT2D eigenvalue weighted by molar-refractivity contribution is 14.0. The fourth-order valence-corrected chi connectivity index (χ4v) is 2.69. The molecule has 1 aromatic carbocycles. The van der Waals surface area contributed by atoms with Crippen LogP contribution in [-0.4, -0.2) is 72.1 Å². The Morgan fingerprint density at radius 3 is 2.68 bits per heavy atom. The molecule has 0 fully saturated rings. The van der Waals surface area contributed by atoms with Crippen molar-refractivity contribution >= 4 is 41.5 Å². The van der Waals surface area contributed by atoms with E-state index in [0.29, 0.717) is 26.4 Å². The van der Waals surface area contributed by atoms with Crippen molar-refractivity contribution in [2.24, 2.45) is 4.99 Å². The van der Waals surface area contributed by atoms with E-state index in [2.05, 4.69) is 15.6 Å². The molecule has 2 N–H and O–H groups in total. The van der Waals surface area contributed by atoms with Gasteiger partial charge in [0.1, 0.15) is 5.75 Å². The largest absolute Gasteiger partial charge is 0.482 e. The van der Waals surface area contributed by atoms with E-state index >= 15 is 0 Å². The second kappa shape index (κ2) is 14.4. The Balaban J connectivity index is 0.00000392. The van der Waals surface area contributed by atoms with Crippen LogP contribution in [0.15, 0.2) is 29.3 Å². The second-order valence-electron chi connectivity index (χ2n) is 6.04. The summed E-state index contributed by atoms with van der Waals surface area (Å²) in [4.78, 5) is 18.1. The number of anilines is 1. The highest BCUT2D eigenvalue weighted by Crippen LogP contribution is 2.31. The topological polar surface area (TPSA) is 84.4 Å². The third-order valence-electron chi connectivity index (χ3n) is 4.07. The molecule has 0 radical (unpaired) electrons. The summed E-state index contributed by atoms with van der Waals surface area (Å²) < 4.78 is 15.8. The molecule has 1 heterocycles. The van der Waals surface area contributed by atoms with Gasteiger partial charge in [0.05, 0.1) is 18.9 Å². The molecule has 0 saturated carbocycles. The molecule has 0 bridgehead atoms. The fraction of sp³-hybridized carbons (Fsp3) is 0.579. The second-order valence-corrected chi connectivity index (χ2v) is 6.04. The minimum absolute atomic E-state index is 0. The Bertz CT molecular complexity index is 615. The zero-order chi connectivity index (χ0) is 19.3. The minimum atomic E-state index is -0.00956. The van der Waals surface area contributed by atoms with Crippen molar-refractivity contribution < 1.29 is 19.0 Å². The van der Waals surface area contributed by atoms with Gasteiger partial charge in [-0.3, -0.25) is 9.79 Å². The molecular formula is C19H31IN4O4. The summed E-state index contributed by atoms with van der Waals surface area (Å²) in [6.07, 6.45) is 1.70. The SMILES string of the molecule is CN=C(NCCCOCCOC)NCCCN1C(=O)COc2ccccc21.I. The Morgan fingerprint density at radius 2 is 1.93 bits per heavy atom. The maximum atomic E-state index is 12.1. The summed E-state index contributed by atoms with van der Waals surface area (Å²) in [5.41, 5.74) is 0.838. The number of halogens is 1. The van der Waals surface area contributed by atoms with Gasteiger partial charge < -0.3 is 29.7 Å². The van der Waals surface area contributed by atoms with Crippen molar-refractivity contribution in [2.45, 2.75) is 12.8 Å². The maximum absolute atomic E-state index is 12.1. The van der Waals surface area contributed by atoms with Crippen LogP contribution in [0.3, 0.4) is 0 Å². The number of hydrogen-bond donors (Lipinski definition) is 2. The van der Waals surface area contributed by atoms with Crippen molar-refractivity contribution in [3.8, 4) is 5.75 Å². The highest BCUT2D eigenvalue weighted by atomic mass is 127. The minimum Gasteiger partial charge on any atom is -0.482 e. The van der Waals surface area contributed by atoms with E-state index in [9.17, 15) is 4.79 Å². The average molecular weight is 506 g/mol. The quantitative estimate of drug-likeness (QED) is 0.206. The van der Waals surface area contributed by atoms with E-state index < -0.39 is 0 Å². The molecule has 1 amide bonds. The Labute approximate surface area is 184 Å². The van der Waals surface area contributed by atoms with Crippen LogP contribution < -0.4 is 20.3 Å². The molecule has 2 rings (SSSR count). The summed E-state index contributed by atoms with van der Waals surface area (Å²) in [5, 5.41) is 6.52. The number of nitrogens with one attached hydrogen (secondary N) is 2. The van der Waals surface area contributed by atoms with E-state index in [-0.39, 0.29) is 36.5 Å². The molecular weight excluding hydrogens is 475 g/mol. The Kier molecular flexibility index (Phi) is 12.6. The number of benzene rings is 1. The number of carbonyl (C=O) groups is 1. The molecule has 0 unspecified atom stereocenters. The highest BCUT2D eigenvalue weighted by Gasteiger charge is 2.24. The maximum Gasteiger partial charge on any atom is 0.265 e. The Morgan fingerprint density at radius 1 is 1.18 bits per heavy atom. The van der Waals surface area contributed by atoms with Crippen LogP contribution in [0, 0.1) is 0 Å². The molecule has 0 aromatic heterocycles. The van der Waals surface area contributed by atoms with Crippen molar-refractivity contribution in [2.75, 3.05) is 65.1 Å². The van der Waals surface area contributed by atoms with Gasteiger partial charge in [0.25, 0.3) is 5.91 Å². The van der Waals surface area contributed by atoms with Crippen molar-refractivity contribution in [3.63, 3.8) is 0 Å². The molecule has 1 aliphatic heterocycles. The molecule has 28 heavy (non-hydrogen) atoms. The average Bonchev–Trinajstić information content (AvgIpc) is 2.70. The van der Waals surface area contributed by atoms with E-state index in [1.54, 1.807) is 19.1 Å². The first-order chi connectivity index (χ1) is 13.3. The molecule has 9 heteroatoms. The zero-order valence-corrected chi connectivity index (χ0v) is 18.9. The lowest BCUT2D eigenvalue weighted by molar-refractivity contribution is -0.121. The summed E-state index contributed by atoms with van der Waals surface area (Å²) in [7, 11) is 3.40. The Hall–Kier alpha value is -1.59. The van der Waals surface area contributed by atoms with Gasteiger partial charge in [-0.05, 0) is 25.0 Å². The number of ether oxygens (including phenoxy) is 3. The standard InChI is InChI=1S/C19H30N4O4.HI/c1-20-19(22-10-6-12-26-14-13-25-2)21-9-5-11-23-16-7-3-4-8-17(16)27-15-18(23)24;/h3-4,7-8H,5-6,9-15H2,1-2H3,(H2,20,21,22);1H. The summed E-state index contributed by atoms with van der Waals surface area (Å²) in [6, 6.07) is 7.62. The molecule has 1 aliphatic rings. The first kappa shape index (κ1) is 24.4. The van der Waals surface area contributed by atoms with Crippen LogP contribution in [0.25, 0.3) is 0 Å². The molecule has 0 spiro atoms. The van der Waals surface area contributed by atoms with Gasteiger partial charge in [-0.1, -0.05) is 12.1 Å². The molecule has 0 saturated heterocycles. The van der Waals surface area contributed by atoms with Crippen molar-refractivity contribution in [1.29, 1.82) is 0 Å². The molecule has 8 nitrogen and oxygen atoms in total. The van der Waals surface area contributed by atoms with Gasteiger partial charge in [-0.15, -0.1) is 24.0 Å². The predicted octanol–water partition coefficient (Wildman–Crippen LogP) is 1.64. The molecule has 0 aliphatic carbocycles. The number of aliphatic imine (C=N–C) groups is 1. The van der Waals surface area contributed by atoms with Gasteiger partial charge in [-0.2, -0.15) is 0 Å². The number of carbonyl (C=O) groups excluding carboxylic acids is 1. The summed E-state index contributed by atoms with van der Waals surface area (Å²) in [6.45, 7) is 4.15. The molecule has 158 valence electrons. The number of guanidine groups is 1. The first-order valence-corrected chi connectivity index (χ1v) is 9.29. The summed E-state index contributed by atoms with van der Waals surface area (Å²) >= 11 is 0. The van der Waals surface area contributed by atoms with Crippen molar-refractivity contribution in [1.82, 2.24) is 10.6 Å². The fourth-order valence-electron chi connectivity index (χ4n) is 2.69. The van der Waals surface area contributed by atoms with E-state index in [0.717, 1.165) is 43.3 Å². The number of fused-ring (bicyclic) bond motifs is 1. The van der Waals surface area contributed by atoms with Crippen LogP contribution in [-0.2, 0) is 14.3 Å². The normalized spacial score (nSPS) is 13.4. The van der Waals surface area contributed by atoms with Gasteiger partial charge in [0, 0.05) is 40.4 Å². The van der Waals surface area contributed by atoms with Gasteiger partial charge in [-0.25, -0.2) is 0 Å². The third-order valence-corrected chi connectivity index (χ3v) is 4.07. The first-order valence-electron chi connectivity index (χ1n) is 9.29. The van der Waals surface area contributed by atoms with Crippen LogP contribution in [0.1, 0.15) is 12.8 Å². The van der Waals surface area contributed by atoms with E-state index in [4.69, 9.17) is 14.2 Å². The summed E-state index contributed by atoms with van der Waals surface area (Å²) in [5.74, 6) is 1.50. The smallest absolute Gasteiger partial charge is 0.265 e. The lowest BCUT2D eigenvalue weighted by Crippen LogP contribution is -2.42. The lowest BCUT2D eigenvalue weighted by atomic mass is 10.2. The van der Waals surface area contributed by atoms with Crippen LogP contribution >= 0.6 is 24.0 Å².